The van der Waals surface area contributed by atoms with Crippen molar-refractivity contribution < 1.29 is 9.90 Å². The van der Waals surface area contributed by atoms with Crippen molar-refractivity contribution in [2.24, 2.45) is 0 Å². The molecule has 0 bridgehead atoms. The summed E-state index contributed by atoms with van der Waals surface area (Å²) in [5.41, 5.74) is 7.19. The van der Waals surface area contributed by atoms with Gasteiger partial charge in [-0.3, -0.25) is 0 Å². The highest BCUT2D eigenvalue weighted by Crippen LogP contribution is 2.24. The predicted octanol–water partition coefficient (Wildman–Crippen LogP) is 3.68. The minimum Gasteiger partial charge on any atom is -0.478 e. The van der Waals surface area contributed by atoms with E-state index in [1.807, 2.05) is 30.3 Å². The summed E-state index contributed by atoms with van der Waals surface area (Å²) >= 11 is 1.69. The molecule has 5 heteroatoms. The first-order chi connectivity index (χ1) is 8.66. The SMILES string of the molecule is Cl.Nc1cc(CSc2ccccc2)ccc1C(=O)O. The molecule has 0 atom stereocenters. The highest BCUT2D eigenvalue weighted by Gasteiger charge is 2.07. The predicted molar refractivity (Wildman–Crippen MR) is 81.1 cm³/mol. The summed E-state index contributed by atoms with van der Waals surface area (Å²) in [5, 5.41) is 8.88. The maximum Gasteiger partial charge on any atom is 0.337 e. The average molecular weight is 296 g/mol. The molecule has 0 unspecified atom stereocenters. The first-order valence-electron chi connectivity index (χ1n) is 5.46. The van der Waals surface area contributed by atoms with E-state index in [4.69, 9.17) is 10.8 Å². The fraction of sp³-hybridized carbons (Fsp3) is 0.0714. The topological polar surface area (TPSA) is 63.3 Å². The van der Waals surface area contributed by atoms with Gasteiger partial charge in [-0.1, -0.05) is 24.3 Å². The van der Waals surface area contributed by atoms with Crippen molar-refractivity contribution >= 4 is 35.8 Å². The van der Waals surface area contributed by atoms with Gasteiger partial charge in [-0.2, -0.15) is 0 Å². The molecule has 3 N–H and O–H groups in total. The molecule has 2 rings (SSSR count). The highest BCUT2D eigenvalue weighted by molar-refractivity contribution is 7.98. The Bertz CT molecular complexity index is 561. The number of hydrogen-bond donors (Lipinski definition) is 2. The minimum absolute atomic E-state index is 0. The van der Waals surface area contributed by atoms with Crippen LogP contribution >= 0.6 is 24.2 Å². The van der Waals surface area contributed by atoms with Crippen LogP contribution in [0.3, 0.4) is 0 Å². The van der Waals surface area contributed by atoms with Crippen LogP contribution in [0, 0.1) is 0 Å². The molecular weight excluding hydrogens is 282 g/mol. The summed E-state index contributed by atoms with van der Waals surface area (Å²) in [6, 6.07) is 15.1. The van der Waals surface area contributed by atoms with Crippen LogP contribution < -0.4 is 5.73 Å². The van der Waals surface area contributed by atoms with Crippen LogP contribution in [0.25, 0.3) is 0 Å². The monoisotopic (exact) mass is 295 g/mol. The maximum atomic E-state index is 10.8. The standard InChI is InChI=1S/C14H13NO2S.ClH/c15-13-8-10(6-7-12(13)14(16)17)9-18-11-4-2-1-3-5-11;/h1-8H,9,15H2,(H,16,17);1H. The third kappa shape index (κ3) is 4.19. The number of thioether (sulfide) groups is 1. The van der Waals surface area contributed by atoms with Gasteiger partial charge in [0.1, 0.15) is 0 Å². The van der Waals surface area contributed by atoms with Crippen molar-refractivity contribution in [3.63, 3.8) is 0 Å². The number of nitrogens with two attached hydrogens (primary N) is 1. The second-order valence-corrected chi connectivity index (χ2v) is 4.88. The molecule has 19 heavy (non-hydrogen) atoms. The molecule has 0 amide bonds. The third-order valence-corrected chi connectivity index (χ3v) is 3.58. The number of carbonyl (C=O) groups is 1. The number of rotatable bonds is 4. The fourth-order valence-corrected chi connectivity index (χ4v) is 2.44. The Morgan fingerprint density at radius 2 is 1.84 bits per heavy atom. The maximum absolute atomic E-state index is 10.8. The molecule has 0 aliphatic heterocycles. The van der Waals surface area contributed by atoms with Crippen LogP contribution in [0.15, 0.2) is 53.4 Å². The molecule has 0 saturated carbocycles. The zero-order chi connectivity index (χ0) is 13.0. The molecule has 0 aliphatic carbocycles. The molecular formula is C14H14ClNO2S. The Balaban J connectivity index is 0.00000180. The van der Waals surface area contributed by atoms with E-state index in [1.54, 1.807) is 30.0 Å². The lowest BCUT2D eigenvalue weighted by atomic mass is 10.1. The number of carboxylic acids is 1. The smallest absolute Gasteiger partial charge is 0.337 e. The lowest BCUT2D eigenvalue weighted by molar-refractivity contribution is 0.0698. The lowest BCUT2D eigenvalue weighted by Crippen LogP contribution is -2.02. The first kappa shape index (κ1) is 15.4. The van der Waals surface area contributed by atoms with Crippen LogP contribution in [0.2, 0.25) is 0 Å². The normalized spacial score (nSPS) is 9.68. The third-order valence-electron chi connectivity index (χ3n) is 2.50. The highest BCUT2D eigenvalue weighted by atomic mass is 35.5. The van der Waals surface area contributed by atoms with Gasteiger partial charge in [0.05, 0.1) is 5.56 Å². The van der Waals surface area contributed by atoms with Gasteiger partial charge >= 0.3 is 5.97 Å². The summed E-state index contributed by atoms with van der Waals surface area (Å²) in [7, 11) is 0. The van der Waals surface area contributed by atoms with E-state index in [-0.39, 0.29) is 18.0 Å². The number of nitrogen functional groups attached to an aromatic ring is 1. The van der Waals surface area contributed by atoms with E-state index in [0.29, 0.717) is 5.69 Å². The van der Waals surface area contributed by atoms with E-state index < -0.39 is 5.97 Å². The summed E-state index contributed by atoms with van der Waals surface area (Å²) in [6.07, 6.45) is 0. The molecule has 0 aliphatic rings. The molecule has 0 fully saturated rings. The number of aromatic carboxylic acids is 1. The Hall–Kier alpha value is -1.65. The molecule has 2 aromatic carbocycles. The number of hydrogen-bond acceptors (Lipinski definition) is 3. The van der Waals surface area contributed by atoms with E-state index in [0.717, 1.165) is 11.3 Å². The van der Waals surface area contributed by atoms with Gasteiger partial charge in [0, 0.05) is 16.3 Å². The fourth-order valence-electron chi connectivity index (χ4n) is 1.58. The Kier molecular flexibility index (Phi) is 5.73. The summed E-state index contributed by atoms with van der Waals surface area (Å²) in [6.45, 7) is 0. The van der Waals surface area contributed by atoms with Gasteiger partial charge in [0.15, 0.2) is 0 Å². The van der Waals surface area contributed by atoms with Crippen LogP contribution in [-0.4, -0.2) is 11.1 Å². The number of benzene rings is 2. The number of halogens is 1. The van der Waals surface area contributed by atoms with Crippen molar-refractivity contribution in [2.75, 3.05) is 5.73 Å². The molecule has 3 nitrogen and oxygen atoms in total. The summed E-state index contributed by atoms with van der Waals surface area (Å²) in [5.74, 6) is -0.219. The second kappa shape index (κ2) is 7.07. The van der Waals surface area contributed by atoms with Crippen LogP contribution in [0.5, 0.6) is 0 Å². The van der Waals surface area contributed by atoms with Crippen molar-refractivity contribution in [1.82, 2.24) is 0 Å². The van der Waals surface area contributed by atoms with Gasteiger partial charge < -0.3 is 10.8 Å². The molecule has 0 heterocycles. The van der Waals surface area contributed by atoms with E-state index in [9.17, 15) is 4.79 Å². The van der Waals surface area contributed by atoms with Crippen molar-refractivity contribution in [2.45, 2.75) is 10.6 Å². The Morgan fingerprint density at radius 1 is 1.16 bits per heavy atom. The van der Waals surface area contributed by atoms with E-state index in [1.165, 1.54) is 4.90 Å². The summed E-state index contributed by atoms with van der Waals surface area (Å²) < 4.78 is 0. The number of anilines is 1. The largest absolute Gasteiger partial charge is 0.478 e. The lowest BCUT2D eigenvalue weighted by Gasteiger charge is -2.05. The van der Waals surface area contributed by atoms with Gasteiger partial charge in [-0.05, 0) is 29.8 Å². The van der Waals surface area contributed by atoms with Crippen molar-refractivity contribution in [1.29, 1.82) is 0 Å². The molecule has 100 valence electrons. The first-order valence-corrected chi connectivity index (χ1v) is 6.45. The molecule has 0 aromatic heterocycles. The zero-order valence-corrected chi connectivity index (χ0v) is 11.7. The number of carboxylic acid groups (broad SMARTS) is 1. The second-order valence-electron chi connectivity index (χ2n) is 3.83. The van der Waals surface area contributed by atoms with Gasteiger partial charge in [0.2, 0.25) is 0 Å². The van der Waals surface area contributed by atoms with Gasteiger partial charge in [-0.15, -0.1) is 24.2 Å². The van der Waals surface area contributed by atoms with E-state index >= 15 is 0 Å². The Labute approximate surface area is 122 Å². The van der Waals surface area contributed by atoms with E-state index in [2.05, 4.69) is 0 Å². The van der Waals surface area contributed by atoms with Crippen molar-refractivity contribution in [3.8, 4) is 0 Å². The average Bonchev–Trinajstić information content (AvgIpc) is 2.37. The molecule has 0 spiro atoms. The summed E-state index contributed by atoms with van der Waals surface area (Å²) in [4.78, 5) is 12.0. The van der Waals surface area contributed by atoms with Crippen LogP contribution in [0.4, 0.5) is 5.69 Å². The minimum atomic E-state index is -0.991. The van der Waals surface area contributed by atoms with Gasteiger partial charge in [0.25, 0.3) is 0 Å². The Morgan fingerprint density at radius 3 is 2.42 bits per heavy atom. The van der Waals surface area contributed by atoms with Crippen LogP contribution in [0.1, 0.15) is 15.9 Å². The zero-order valence-electron chi connectivity index (χ0n) is 10.1. The molecule has 0 saturated heterocycles. The van der Waals surface area contributed by atoms with Crippen molar-refractivity contribution in [3.05, 3.63) is 59.7 Å². The quantitative estimate of drug-likeness (QED) is 0.667. The van der Waals surface area contributed by atoms with Crippen LogP contribution in [-0.2, 0) is 5.75 Å². The molecule has 2 aromatic rings. The van der Waals surface area contributed by atoms with Gasteiger partial charge in [-0.25, -0.2) is 4.79 Å². The molecule has 0 radical (unpaired) electrons.